The zero-order chi connectivity index (χ0) is 32.9. The van der Waals surface area contributed by atoms with Crippen LogP contribution in [-0.4, -0.2) is 74.9 Å². The number of hydrogen-bond acceptors (Lipinski definition) is 8. The van der Waals surface area contributed by atoms with Crippen molar-refractivity contribution < 1.29 is 23.8 Å². The maximum Gasteiger partial charge on any atom is 0.404 e. The summed E-state index contributed by atoms with van der Waals surface area (Å²) in [7, 11) is 0. The minimum absolute atomic E-state index is 0.0853. The van der Waals surface area contributed by atoms with Gasteiger partial charge in [-0.05, 0) is 61.2 Å². The molecule has 0 radical (unpaired) electrons. The molecule has 4 heterocycles. The predicted molar refractivity (Wildman–Crippen MR) is 185 cm³/mol. The molecule has 3 amide bonds. The molecule has 244 valence electrons. The van der Waals surface area contributed by atoms with Gasteiger partial charge in [0.2, 0.25) is 0 Å². The summed E-state index contributed by atoms with van der Waals surface area (Å²) < 4.78 is 14.0. The number of aromatic nitrogens is 4. The summed E-state index contributed by atoms with van der Waals surface area (Å²) in [6.07, 6.45) is 7.07. The summed E-state index contributed by atoms with van der Waals surface area (Å²) in [5.74, 6) is 0.631. The molecule has 12 nitrogen and oxygen atoms in total. The van der Waals surface area contributed by atoms with Crippen molar-refractivity contribution in [2.75, 3.05) is 32.8 Å². The summed E-state index contributed by atoms with van der Waals surface area (Å²) >= 11 is 1.53. The van der Waals surface area contributed by atoms with Gasteiger partial charge in [0, 0.05) is 41.9 Å². The molecule has 1 aliphatic rings. The van der Waals surface area contributed by atoms with Gasteiger partial charge in [-0.3, -0.25) is 0 Å². The third-order valence-electron chi connectivity index (χ3n) is 8.07. The number of unbranched alkanes of at least 4 members (excludes halogenated alkanes) is 1. The number of thiazole rings is 1. The Morgan fingerprint density at radius 2 is 1.98 bits per heavy atom. The molecule has 48 heavy (non-hydrogen) atoms. The van der Waals surface area contributed by atoms with Gasteiger partial charge in [0.25, 0.3) is 0 Å². The van der Waals surface area contributed by atoms with Gasteiger partial charge in [-0.2, -0.15) is 0 Å². The predicted octanol–water partition coefficient (Wildman–Crippen LogP) is 6.45. The van der Waals surface area contributed by atoms with E-state index in [9.17, 15) is 9.59 Å². The number of hydrogen-bond donors (Lipinski definition) is 3. The van der Waals surface area contributed by atoms with Crippen molar-refractivity contribution in [2.24, 2.45) is 0 Å². The molecule has 1 aliphatic heterocycles. The quantitative estimate of drug-likeness (QED) is 0.119. The topological polar surface area (TPSA) is 148 Å². The highest BCUT2D eigenvalue weighted by atomic mass is 32.1. The van der Waals surface area contributed by atoms with E-state index in [2.05, 4.69) is 33.1 Å². The molecule has 0 aliphatic carbocycles. The number of carbonyl (C=O) groups excluding carboxylic acids is 1. The van der Waals surface area contributed by atoms with Gasteiger partial charge in [-0.1, -0.05) is 35.6 Å². The number of fused-ring (bicyclic) bond motifs is 3. The SMILES string of the molecule is O=C(O)NCCCCc1cn(-c2ccc(-c3nc(/C=C/c4ccc5oc6ccccc6c5c4)cs3)c(OCCN3CCNC3=O)c2)nn1. The van der Waals surface area contributed by atoms with E-state index in [1.54, 1.807) is 9.58 Å². The highest BCUT2D eigenvalue weighted by Gasteiger charge is 2.20. The number of nitrogens with zero attached hydrogens (tertiary/aromatic N) is 5. The zero-order valence-electron chi connectivity index (χ0n) is 26.0. The molecule has 7 rings (SSSR count). The van der Waals surface area contributed by atoms with Crippen LogP contribution in [0.3, 0.4) is 0 Å². The fourth-order valence-electron chi connectivity index (χ4n) is 5.62. The van der Waals surface area contributed by atoms with Crippen LogP contribution in [0.4, 0.5) is 9.59 Å². The Hall–Kier alpha value is -5.69. The third-order valence-corrected chi connectivity index (χ3v) is 8.96. The number of amides is 3. The maximum atomic E-state index is 12.1. The lowest BCUT2D eigenvalue weighted by molar-refractivity contribution is 0.194. The second kappa shape index (κ2) is 14.0. The number of ether oxygens (including phenoxy) is 1. The molecule has 0 unspecified atom stereocenters. The first kappa shape index (κ1) is 30.9. The van der Waals surface area contributed by atoms with E-state index in [0.29, 0.717) is 51.4 Å². The van der Waals surface area contributed by atoms with E-state index < -0.39 is 6.09 Å². The van der Waals surface area contributed by atoms with E-state index in [4.69, 9.17) is 19.2 Å². The number of aryl methyl sites for hydroxylation is 1. The maximum absolute atomic E-state index is 12.1. The lowest BCUT2D eigenvalue weighted by Gasteiger charge is -2.16. The van der Waals surface area contributed by atoms with Crippen LogP contribution < -0.4 is 15.4 Å². The highest BCUT2D eigenvalue weighted by Crippen LogP contribution is 2.35. The molecule has 0 saturated carbocycles. The summed E-state index contributed by atoms with van der Waals surface area (Å²) in [5, 5.41) is 27.5. The molecule has 3 aromatic heterocycles. The number of benzene rings is 3. The van der Waals surface area contributed by atoms with Crippen molar-refractivity contribution in [1.82, 2.24) is 35.5 Å². The van der Waals surface area contributed by atoms with Crippen molar-refractivity contribution in [3.8, 4) is 22.0 Å². The van der Waals surface area contributed by atoms with Crippen LogP contribution in [0.25, 0.3) is 50.3 Å². The van der Waals surface area contributed by atoms with Gasteiger partial charge in [-0.25, -0.2) is 19.3 Å². The van der Waals surface area contributed by atoms with Crippen molar-refractivity contribution in [2.45, 2.75) is 19.3 Å². The fraction of sp³-hybridized carbons (Fsp3) is 0.229. The number of nitrogens with one attached hydrogen (secondary N) is 2. The lowest BCUT2D eigenvalue weighted by atomic mass is 10.1. The molecule has 0 atom stereocenters. The van der Waals surface area contributed by atoms with Crippen LogP contribution in [0.15, 0.2) is 76.7 Å². The molecule has 1 fully saturated rings. The average Bonchev–Trinajstić information content (AvgIpc) is 3.91. The van der Waals surface area contributed by atoms with Gasteiger partial charge in [0.1, 0.15) is 28.5 Å². The third kappa shape index (κ3) is 7.00. The Balaban J connectivity index is 1.09. The smallest absolute Gasteiger partial charge is 0.404 e. The van der Waals surface area contributed by atoms with Crippen LogP contribution in [0.5, 0.6) is 5.75 Å². The number of carbonyl (C=O) groups is 2. The van der Waals surface area contributed by atoms with Crippen LogP contribution in [0, 0.1) is 0 Å². The molecule has 3 aromatic carbocycles. The van der Waals surface area contributed by atoms with E-state index >= 15 is 0 Å². The standard InChI is InChI=1S/C35H33N7O5S/c43-34-36-15-16-41(34)17-18-46-32-20-26(42-21-24(39-40-42)5-3-4-14-37-35(44)45)11-12-28(32)33-38-25(22-48-33)10-8-23-9-13-31-29(19-23)27-6-1-2-7-30(27)47-31/h1-2,6-13,19-22,37H,3-5,14-18H2,(H,36,43)(H,44,45)/b10-8+. The molecule has 0 bridgehead atoms. The van der Waals surface area contributed by atoms with E-state index in [1.807, 2.05) is 72.3 Å². The summed E-state index contributed by atoms with van der Waals surface area (Å²) in [4.78, 5) is 29.3. The van der Waals surface area contributed by atoms with Gasteiger partial charge < -0.3 is 29.8 Å². The number of para-hydroxylation sites is 1. The van der Waals surface area contributed by atoms with E-state index in [-0.39, 0.29) is 6.03 Å². The van der Waals surface area contributed by atoms with Gasteiger partial charge in [0.05, 0.1) is 35.4 Å². The minimum atomic E-state index is -1.02. The lowest BCUT2D eigenvalue weighted by Crippen LogP contribution is -2.31. The second-order valence-corrected chi connectivity index (χ2v) is 12.2. The number of rotatable bonds is 13. The van der Waals surface area contributed by atoms with Gasteiger partial charge in [-0.15, -0.1) is 16.4 Å². The molecule has 0 spiro atoms. The Kier molecular flexibility index (Phi) is 9.01. The van der Waals surface area contributed by atoms with Crippen molar-refractivity contribution in [1.29, 1.82) is 0 Å². The molecule has 1 saturated heterocycles. The van der Waals surface area contributed by atoms with Crippen LogP contribution in [0.1, 0.15) is 29.8 Å². The highest BCUT2D eigenvalue weighted by molar-refractivity contribution is 7.13. The molecular formula is C35H33N7O5S. The Bertz CT molecular complexity index is 2120. The Morgan fingerprint density at radius 1 is 1.08 bits per heavy atom. The first-order chi connectivity index (χ1) is 23.5. The van der Waals surface area contributed by atoms with E-state index in [0.717, 1.165) is 61.6 Å². The normalized spacial score (nSPS) is 13.2. The van der Waals surface area contributed by atoms with Crippen LogP contribution >= 0.6 is 11.3 Å². The Morgan fingerprint density at radius 3 is 2.85 bits per heavy atom. The summed E-state index contributed by atoms with van der Waals surface area (Å²) in [6.45, 7) is 2.46. The van der Waals surface area contributed by atoms with Gasteiger partial charge in [0.15, 0.2) is 0 Å². The van der Waals surface area contributed by atoms with Crippen LogP contribution in [0.2, 0.25) is 0 Å². The van der Waals surface area contributed by atoms with Crippen molar-refractivity contribution in [3.63, 3.8) is 0 Å². The fourth-order valence-corrected chi connectivity index (χ4v) is 6.44. The van der Waals surface area contributed by atoms with Crippen molar-refractivity contribution >= 4 is 57.6 Å². The molecular weight excluding hydrogens is 630 g/mol. The summed E-state index contributed by atoms with van der Waals surface area (Å²) in [5.41, 5.74) is 6.04. The van der Waals surface area contributed by atoms with Gasteiger partial charge >= 0.3 is 12.1 Å². The second-order valence-electron chi connectivity index (χ2n) is 11.4. The monoisotopic (exact) mass is 663 g/mol. The first-order valence-electron chi connectivity index (χ1n) is 15.7. The number of carboxylic acid groups (broad SMARTS) is 1. The molecule has 13 heteroatoms. The zero-order valence-corrected chi connectivity index (χ0v) is 26.8. The minimum Gasteiger partial charge on any atom is -0.491 e. The number of furan rings is 1. The first-order valence-corrected chi connectivity index (χ1v) is 16.6. The number of urea groups is 1. The van der Waals surface area contributed by atoms with Crippen LogP contribution in [-0.2, 0) is 6.42 Å². The summed E-state index contributed by atoms with van der Waals surface area (Å²) in [6, 6.07) is 19.9. The molecule has 3 N–H and O–H groups in total. The van der Waals surface area contributed by atoms with E-state index in [1.165, 1.54) is 11.3 Å². The largest absolute Gasteiger partial charge is 0.491 e. The molecule has 6 aromatic rings. The Labute approximate surface area is 279 Å². The van der Waals surface area contributed by atoms with Crippen molar-refractivity contribution in [3.05, 3.63) is 89.2 Å². The average molecular weight is 664 g/mol.